The first-order chi connectivity index (χ1) is 10.7. The van der Waals surface area contributed by atoms with E-state index in [1.807, 2.05) is 12.1 Å². The van der Waals surface area contributed by atoms with Crippen LogP contribution in [0.3, 0.4) is 0 Å². The third-order valence-electron chi connectivity index (χ3n) is 3.08. The minimum atomic E-state index is -0.947. The summed E-state index contributed by atoms with van der Waals surface area (Å²) in [5.41, 5.74) is 0.431. The van der Waals surface area contributed by atoms with E-state index in [1.165, 1.54) is 4.90 Å². The third kappa shape index (κ3) is 8.09. The first-order valence-corrected chi connectivity index (χ1v) is 7.65. The summed E-state index contributed by atoms with van der Waals surface area (Å²) in [7, 11) is 0. The van der Waals surface area contributed by atoms with E-state index in [2.05, 4.69) is 0 Å². The molecule has 2 N–H and O–H groups in total. The molecule has 1 amide bonds. The first kappa shape index (κ1) is 18.8. The quantitative estimate of drug-likeness (QED) is 0.805. The Hall–Kier alpha value is -2.24. The van der Waals surface area contributed by atoms with Gasteiger partial charge in [0, 0.05) is 13.1 Å². The number of carbonyl (C=O) groups excluding carboxylic acids is 1. The van der Waals surface area contributed by atoms with Crippen LogP contribution in [-0.2, 0) is 16.0 Å². The zero-order valence-corrected chi connectivity index (χ0v) is 13.9. The van der Waals surface area contributed by atoms with Crippen molar-refractivity contribution in [1.82, 2.24) is 4.90 Å². The van der Waals surface area contributed by atoms with Gasteiger partial charge in [-0.05, 0) is 51.3 Å². The van der Waals surface area contributed by atoms with Gasteiger partial charge >= 0.3 is 12.1 Å². The molecule has 0 bridgehead atoms. The minimum Gasteiger partial charge on any atom is -0.508 e. The van der Waals surface area contributed by atoms with Crippen molar-refractivity contribution in [2.75, 3.05) is 13.1 Å². The smallest absolute Gasteiger partial charge is 0.410 e. The van der Waals surface area contributed by atoms with Gasteiger partial charge in [0.15, 0.2) is 0 Å². The van der Waals surface area contributed by atoms with Crippen molar-refractivity contribution >= 4 is 12.1 Å². The number of carbonyl (C=O) groups is 2. The molecular formula is C17H25NO5. The van der Waals surface area contributed by atoms with E-state index < -0.39 is 17.7 Å². The molecule has 1 aromatic carbocycles. The van der Waals surface area contributed by atoms with Crippen LogP contribution in [0.25, 0.3) is 0 Å². The molecule has 6 nitrogen and oxygen atoms in total. The number of carboxylic acid groups (broad SMARTS) is 1. The topological polar surface area (TPSA) is 87.1 Å². The average molecular weight is 323 g/mol. The van der Waals surface area contributed by atoms with Crippen LogP contribution in [0.1, 0.15) is 39.2 Å². The van der Waals surface area contributed by atoms with Crippen LogP contribution in [0.5, 0.6) is 5.75 Å². The summed E-state index contributed by atoms with van der Waals surface area (Å²) in [6, 6.07) is 6.88. The largest absolute Gasteiger partial charge is 0.508 e. The standard InChI is InChI=1S/C17H25NO5/c1-17(2,3)23-16(22)18(12-10-15(20)21)11-4-5-13-6-8-14(19)9-7-13/h6-9,19H,4-5,10-12H2,1-3H3,(H,20,21). The van der Waals surface area contributed by atoms with Crippen molar-refractivity contribution in [2.45, 2.75) is 45.6 Å². The normalized spacial score (nSPS) is 11.1. The lowest BCUT2D eigenvalue weighted by atomic mass is 10.1. The van der Waals surface area contributed by atoms with E-state index in [0.29, 0.717) is 13.0 Å². The number of aryl methyl sites for hydroxylation is 1. The fourth-order valence-electron chi connectivity index (χ4n) is 1.99. The van der Waals surface area contributed by atoms with Crippen molar-refractivity contribution < 1.29 is 24.5 Å². The van der Waals surface area contributed by atoms with Gasteiger partial charge in [-0.3, -0.25) is 4.79 Å². The number of rotatable bonds is 7. The Morgan fingerprint density at radius 1 is 1.13 bits per heavy atom. The Kier molecular flexibility index (Phi) is 6.88. The van der Waals surface area contributed by atoms with Crippen LogP contribution >= 0.6 is 0 Å². The second-order valence-corrected chi connectivity index (χ2v) is 6.38. The molecule has 0 unspecified atom stereocenters. The molecule has 0 aliphatic carbocycles. The van der Waals surface area contributed by atoms with E-state index >= 15 is 0 Å². The number of aliphatic carboxylic acids is 1. The second-order valence-electron chi connectivity index (χ2n) is 6.38. The summed E-state index contributed by atoms with van der Waals surface area (Å²) in [5.74, 6) is -0.734. The molecule has 1 rings (SSSR count). The number of phenolic OH excluding ortho intramolecular Hbond substituents is 1. The number of carboxylic acids is 1. The van der Waals surface area contributed by atoms with Crippen LogP contribution in [0.4, 0.5) is 4.79 Å². The van der Waals surface area contributed by atoms with Crippen molar-refractivity contribution in [1.29, 1.82) is 0 Å². The van der Waals surface area contributed by atoms with Crippen LogP contribution in [0.15, 0.2) is 24.3 Å². The Bertz CT molecular complexity index is 519. The number of hydrogen-bond donors (Lipinski definition) is 2. The first-order valence-electron chi connectivity index (χ1n) is 7.65. The predicted molar refractivity (Wildman–Crippen MR) is 86.5 cm³/mol. The molecule has 0 aromatic heterocycles. The van der Waals surface area contributed by atoms with Gasteiger partial charge in [-0.25, -0.2) is 4.79 Å². The molecule has 0 spiro atoms. The lowest BCUT2D eigenvalue weighted by Crippen LogP contribution is -2.38. The Morgan fingerprint density at radius 2 is 1.74 bits per heavy atom. The molecule has 23 heavy (non-hydrogen) atoms. The van der Waals surface area contributed by atoms with Crippen LogP contribution < -0.4 is 0 Å². The number of aromatic hydroxyl groups is 1. The number of phenols is 1. The Labute approximate surface area is 136 Å². The molecule has 0 saturated carbocycles. The summed E-state index contributed by atoms with van der Waals surface area (Å²) >= 11 is 0. The molecule has 0 heterocycles. The van der Waals surface area contributed by atoms with Crippen molar-refractivity contribution in [3.63, 3.8) is 0 Å². The van der Waals surface area contributed by atoms with Crippen molar-refractivity contribution in [2.24, 2.45) is 0 Å². The highest BCUT2D eigenvalue weighted by Crippen LogP contribution is 2.13. The molecule has 128 valence electrons. The maximum atomic E-state index is 12.1. The molecule has 0 aliphatic rings. The summed E-state index contributed by atoms with van der Waals surface area (Å²) in [6.07, 6.45) is 0.804. The van der Waals surface area contributed by atoms with E-state index in [1.54, 1.807) is 32.9 Å². The monoisotopic (exact) mass is 323 g/mol. The molecule has 6 heteroatoms. The summed E-state index contributed by atoms with van der Waals surface area (Å²) in [4.78, 5) is 24.3. The maximum absolute atomic E-state index is 12.1. The maximum Gasteiger partial charge on any atom is 0.410 e. The molecule has 0 atom stereocenters. The molecule has 0 aliphatic heterocycles. The predicted octanol–water partition coefficient (Wildman–Crippen LogP) is 3.04. The van der Waals surface area contributed by atoms with Gasteiger partial charge in [-0.15, -0.1) is 0 Å². The molecule has 0 radical (unpaired) electrons. The summed E-state index contributed by atoms with van der Waals surface area (Å²) in [6.45, 7) is 5.87. The molecular weight excluding hydrogens is 298 g/mol. The van der Waals surface area contributed by atoms with Gasteiger partial charge in [0.1, 0.15) is 11.4 Å². The van der Waals surface area contributed by atoms with Gasteiger partial charge in [-0.2, -0.15) is 0 Å². The third-order valence-corrected chi connectivity index (χ3v) is 3.08. The Morgan fingerprint density at radius 3 is 2.26 bits per heavy atom. The van der Waals surface area contributed by atoms with Gasteiger partial charge in [0.2, 0.25) is 0 Å². The lowest BCUT2D eigenvalue weighted by Gasteiger charge is -2.27. The molecule has 1 aromatic rings. The van der Waals surface area contributed by atoms with Gasteiger partial charge < -0.3 is 19.8 Å². The highest BCUT2D eigenvalue weighted by atomic mass is 16.6. The minimum absolute atomic E-state index is 0.113. The van der Waals surface area contributed by atoms with Crippen LogP contribution in [-0.4, -0.2) is 45.9 Å². The molecule has 0 fully saturated rings. The molecule has 0 saturated heterocycles. The summed E-state index contributed by atoms with van der Waals surface area (Å²) < 4.78 is 5.31. The number of nitrogens with zero attached hydrogens (tertiary/aromatic N) is 1. The SMILES string of the molecule is CC(C)(C)OC(=O)N(CCCc1ccc(O)cc1)CCC(=O)O. The Balaban J connectivity index is 2.55. The highest BCUT2D eigenvalue weighted by Gasteiger charge is 2.22. The second kappa shape index (κ2) is 8.41. The fraction of sp³-hybridized carbons (Fsp3) is 0.529. The van der Waals surface area contributed by atoms with Crippen LogP contribution in [0.2, 0.25) is 0 Å². The fourth-order valence-corrected chi connectivity index (χ4v) is 1.99. The number of benzene rings is 1. The summed E-state index contributed by atoms with van der Waals surface area (Å²) in [5, 5.41) is 18.1. The van der Waals surface area contributed by atoms with E-state index in [-0.39, 0.29) is 18.7 Å². The van der Waals surface area contributed by atoms with E-state index in [9.17, 15) is 14.7 Å². The zero-order chi connectivity index (χ0) is 17.5. The van der Waals surface area contributed by atoms with Crippen molar-refractivity contribution in [3.05, 3.63) is 29.8 Å². The zero-order valence-electron chi connectivity index (χ0n) is 13.9. The average Bonchev–Trinajstić information content (AvgIpc) is 2.42. The lowest BCUT2D eigenvalue weighted by molar-refractivity contribution is -0.137. The van der Waals surface area contributed by atoms with E-state index in [0.717, 1.165) is 12.0 Å². The van der Waals surface area contributed by atoms with Crippen molar-refractivity contribution in [3.8, 4) is 5.75 Å². The highest BCUT2D eigenvalue weighted by molar-refractivity contribution is 5.70. The number of hydrogen-bond acceptors (Lipinski definition) is 4. The van der Waals surface area contributed by atoms with E-state index in [4.69, 9.17) is 9.84 Å². The van der Waals surface area contributed by atoms with Crippen LogP contribution in [0, 0.1) is 0 Å². The van der Waals surface area contributed by atoms with Gasteiger partial charge in [-0.1, -0.05) is 12.1 Å². The van der Waals surface area contributed by atoms with Gasteiger partial charge in [0.25, 0.3) is 0 Å². The van der Waals surface area contributed by atoms with Gasteiger partial charge in [0.05, 0.1) is 6.42 Å². The number of ether oxygens (including phenoxy) is 1. The number of amides is 1.